The lowest BCUT2D eigenvalue weighted by Gasteiger charge is -2.54. The van der Waals surface area contributed by atoms with Crippen molar-refractivity contribution in [2.75, 3.05) is 53.1 Å². The molecule has 1 aromatic rings. The number of carbonyl (C=O) groups is 1. The number of amides is 1. The Morgan fingerprint density at radius 1 is 1.32 bits per heavy atom. The minimum Gasteiger partial charge on any atom is -0.384 e. The van der Waals surface area contributed by atoms with E-state index in [-0.39, 0.29) is 11.2 Å². The number of hydrogen-bond donors (Lipinski definition) is 1. The van der Waals surface area contributed by atoms with E-state index in [1.165, 1.54) is 19.3 Å². The van der Waals surface area contributed by atoms with Crippen LogP contribution in [-0.2, 0) is 16.0 Å². The number of carbonyl (C=O) groups excluding carboxylic acids is 1. The Balaban J connectivity index is 1.41. The monoisotopic (exact) mass is 393 g/mol. The van der Waals surface area contributed by atoms with Crippen LogP contribution in [0.5, 0.6) is 0 Å². The van der Waals surface area contributed by atoms with Crippen LogP contribution in [0.1, 0.15) is 42.2 Å². The molecule has 2 saturated heterocycles. The van der Waals surface area contributed by atoms with Gasteiger partial charge in [-0.3, -0.25) is 14.6 Å². The lowest BCUT2D eigenvalue weighted by Crippen LogP contribution is -2.56. The number of likely N-dealkylation sites (tertiary alicyclic amines) is 1. The van der Waals surface area contributed by atoms with Crippen molar-refractivity contribution in [2.24, 2.45) is 17.1 Å². The molecular weight excluding hydrogens is 362 g/mol. The molecule has 9 nitrogen and oxygen atoms in total. The molecule has 2 N–H and O–H groups in total. The number of morpholine rings is 1. The zero-order chi connectivity index (χ0) is 19.6. The fraction of sp³-hybridized carbons (Fsp3) is 0.842. The van der Waals surface area contributed by atoms with Gasteiger partial charge in [-0.25, -0.2) is 0 Å². The van der Waals surface area contributed by atoms with Crippen LogP contribution in [0.3, 0.4) is 0 Å². The topological polar surface area (TPSA) is 107 Å². The molecule has 0 bridgehead atoms. The summed E-state index contributed by atoms with van der Waals surface area (Å²) in [6, 6.07) is 0.666. The van der Waals surface area contributed by atoms with Crippen LogP contribution < -0.4 is 5.73 Å². The molecule has 4 rings (SSSR count). The minimum atomic E-state index is -0.661. The summed E-state index contributed by atoms with van der Waals surface area (Å²) in [6.45, 7) is 7.09. The summed E-state index contributed by atoms with van der Waals surface area (Å²) < 4.78 is 16.4. The summed E-state index contributed by atoms with van der Waals surface area (Å²) >= 11 is 0. The van der Waals surface area contributed by atoms with Gasteiger partial charge in [0.05, 0.1) is 26.4 Å². The smallest absolute Gasteiger partial charge is 0.290 e. The molecule has 156 valence electrons. The SMILES string of the molecule is COC[C@]12CC[C@H](N3CCOCC3)C[C@@H]1CCN(Cc1nc(C(N)=O)no1)C2. The zero-order valence-electron chi connectivity index (χ0n) is 16.6. The summed E-state index contributed by atoms with van der Waals surface area (Å²) in [4.78, 5) is 20.3. The van der Waals surface area contributed by atoms with Crippen LogP contribution in [0.25, 0.3) is 0 Å². The normalized spacial score (nSPS) is 32.2. The fourth-order valence-electron chi connectivity index (χ4n) is 5.39. The lowest BCUT2D eigenvalue weighted by molar-refractivity contribution is -0.0882. The molecule has 1 aromatic heterocycles. The van der Waals surface area contributed by atoms with Crippen LogP contribution in [-0.4, -0.2) is 85.0 Å². The van der Waals surface area contributed by atoms with Gasteiger partial charge in [-0.15, -0.1) is 0 Å². The number of primary amides is 1. The molecule has 0 spiro atoms. The van der Waals surface area contributed by atoms with Crippen molar-refractivity contribution in [1.82, 2.24) is 19.9 Å². The van der Waals surface area contributed by atoms with Gasteiger partial charge in [0.2, 0.25) is 5.89 Å². The molecule has 0 aromatic carbocycles. The standard InChI is InChI=1S/C19H31N5O4/c1-26-13-19-4-2-15(24-6-8-27-9-7-24)10-14(19)3-5-23(12-19)11-16-21-18(17(20)25)22-28-16/h14-15H,2-13H2,1H3,(H2,20,25)/t14-,15-,19+/m0/s1. The number of hydrogen-bond acceptors (Lipinski definition) is 8. The first-order valence-corrected chi connectivity index (χ1v) is 10.2. The van der Waals surface area contributed by atoms with Gasteiger partial charge < -0.3 is 19.7 Å². The summed E-state index contributed by atoms with van der Waals surface area (Å²) in [5, 5.41) is 3.65. The summed E-state index contributed by atoms with van der Waals surface area (Å²) in [5.74, 6) is 0.393. The second-order valence-electron chi connectivity index (χ2n) is 8.44. The maximum Gasteiger partial charge on any atom is 0.290 e. The van der Waals surface area contributed by atoms with Gasteiger partial charge in [-0.1, -0.05) is 5.16 Å². The number of fused-ring (bicyclic) bond motifs is 1. The zero-order valence-corrected chi connectivity index (χ0v) is 16.6. The molecule has 3 fully saturated rings. The van der Waals surface area contributed by atoms with E-state index < -0.39 is 5.91 Å². The highest BCUT2D eigenvalue weighted by atomic mass is 16.5. The second kappa shape index (κ2) is 8.44. The molecule has 1 aliphatic carbocycles. The van der Waals surface area contributed by atoms with E-state index in [0.29, 0.717) is 24.4 Å². The van der Waals surface area contributed by atoms with E-state index in [9.17, 15) is 4.79 Å². The van der Waals surface area contributed by atoms with Crippen molar-refractivity contribution in [3.63, 3.8) is 0 Å². The van der Waals surface area contributed by atoms with Crippen molar-refractivity contribution in [3.05, 3.63) is 11.7 Å². The van der Waals surface area contributed by atoms with Gasteiger partial charge in [0.15, 0.2) is 0 Å². The molecule has 0 unspecified atom stereocenters. The Labute approximate surface area is 165 Å². The Morgan fingerprint density at radius 2 is 2.14 bits per heavy atom. The molecule has 1 saturated carbocycles. The Morgan fingerprint density at radius 3 is 2.86 bits per heavy atom. The number of aromatic nitrogens is 2. The highest BCUT2D eigenvalue weighted by molar-refractivity contribution is 5.88. The van der Waals surface area contributed by atoms with E-state index in [1.54, 1.807) is 7.11 Å². The average Bonchev–Trinajstić information content (AvgIpc) is 3.17. The molecule has 3 aliphatic rings. The number of nitrogens with two attached hydrogens (primary N) is 1. The van der Waals surface area contributed by atoms with Gasteiger partial charge in [-0.2, -0.15) is 4.98 Å². The molecular formula is C19H31N5O4. The van der Waals surface area contributed by atoms with Gasteiger partial charge in [0.25, 0.3) is 11.7 Å². The lowest BCUT2D eigenvalue weighted by atomic mass is 9.62. The van der Waals surface area contributed by atoms with E-state index in [2.05, 4.69) is 19.9 Å². The Bertz CT molecular complexity index is 677. The van der Waals surface area contributed by atoms with E-state index in [4.69, 9.17) is 19.7 Å². The van der Waals surface area contributed by atoms with Crippen molar-refractivity contribution in [2.45, 2.75) is 38.3 Å². The molecule has 3 atom stereocenters. The quantitative estimate of drug-likeness (QED) is 0.745. The van der Waals surface area contributed by atoms with Crippen LogP contribution in [0.4, 0.5) is 0 Å². The van der Waals surface area contributed by atoms with E-state index in [0.717, 1.165) is 52.4 Å². The van der Waals surface area contributed by atoms with Crippen molar-refractivity contribution < 1.29 is 18.8 Å². The predicted molar refractivity (Wildman–Crippen MR) is 101 cm³/mol. The van der Waals surface area contributed by atoms with Crippen molar-refractivity contribution >= 4 is 5.91 Å². The van der Waals surface area contributed by atoms with Gasteiger partial charge in [0, 0.05) is 38.2 Å². The highest BCUT2D eigenvalue weighted by Gasteiger charge is 2.48. The van der Waals surface area contributed by atoms with Crippen molar-refractivity contribution in [1.29, 1.82) is 0 Å². The van der Waals surface area contributed by atoms with E-state index in [1.807, 2.05) is 0 Å². The number of nitrogens with zero attached hydrogens (tertiary/aromatic N) is 4. The van der Waals surface area contributed by atoms with Gasteiger partial charge >= 0.3 is 0 Å². The number of methoxy groups -OCH3 is 1. The molecule has 9 heteroatoms. The summed E-state index contributed by atoms with van der Waals surface area (Å²) in [7, 11) is 1.80. The number of rotatable bonds is 6. The summed E-state index contributed by atoms with van der Waals surface area (Å²) in [5.41, 5.74) is 5.39. The second-order valence-corrected chi connectivity index (χ2v) is 8.44. The highest BCUT2D eigenvalue weighted by Crippen LogP contribution is 2.48. The predicted octanol–water partition coefficient (Wildman–Crippen LogP) is 0.508. The van der Waals surface area contributed by atoms with Gasteiger partial charge in [0.1, 0.15) is 0 Å². The fourth-order valence-corrected chi connectivity index (χ4v) is 5.39. The maximum absolute atomic E-state index is 11.2. The van der Waals surface area contributed by atoms with Crippen LogP contribution >= 0.6 is 0 Å². The van der Waals surface area contributed by atoms with Crippen LogP contribution in [0.15, 0.2) is 4.52 Å². The maximum atomic E-state index is 11.2. The first-order valence-electron chi connectivity index (χ1n) is 10.2. The third-order valence-electron chi connectivity index (χ3n) is 6.77. The Hall–Kier alpha value is -1.55. The minimum absolute atomic E-state index is 0.0532. The molecule has 3 heterocycles. The number of ether oxygens (including phenoxy) is 2. The first-order chi connectivity index (χ1) is 13.6. The third kappa shape index (κ3) is 4.07. The molecule has 0 radical (unpaired) electrons. The third-order valence-corrected chi connectivity index (χ3v) is 6.77. The van der Waals surface area contributed by atoms with E-state index >= 15 is 0 Å². The average molecular weight is 393 g/mol. The first kappa shape index (κ1) is 19.8. The van der Waals surface area contributed by atoms with Gasteiger partial charge in [-0.05, 0) is 38.1 Å². The molecule has 28 heavy (non-hydrogen) atoms. The van der Waals surface area contributed by atoms with Crippen LogP contribution in [0.2, 0.25) is 0 Å². The summed E-state index contributed by atoms with van der Waals surface area (Å²) in [6.07, 6.45) is 4.76. The van der Waals surface area contributed by atoms with Crippen molar-refractivity contribution in [3.8, 4) is 0 Å². The van der Waals surface area contributed by atoms with Crippen LogP contribution in [0, 0.1) is 11.3 Å². The number of piperidine rings is 1. The Kier molecular flexibility index (Phi) is 5.96. The molecule has 1 amide bonds. The largest absolute Gasteiger partial charge is 0.384 e. The molecule has 2 aliphatic heterocycles.